The fourth-order valence-electron chi connectivity index (χ4n) is 3.04. The van der Waals surface area contributed by atoms with Crippen molar-refractivity contribution in [3.8, 4) is 0 Å². The number of nitrogens with one attached hydrogen (secondary N) is 1. The second-order valence-corrected chi connectivity index (χ2v) is 5.20. The normalized spacial score (nSPS) is 40.2. The van der Waals surface area contributed by atoms with Crippen LogP contribution in [0.15, 0.2) is 12.3 Å². The molecule has 2 saturated heterocycles. The van der Waals surface area contributed by atoms with Gasteiger partial charge in [0.05, 0.1) is 6.26 Å². The van der Waals surface area contributed by atoms with Crippen LogP contribution in [0.5, 0.6) is 0 Å². The van der Waals surface area contributed by atoms with E-state index in [4.69, 9.17) is 4.74 Å². The van der Waals surface area contributed by atoms with Gasteiger partial charge in [0, 0.05) is 13.1 Å². The molecule has 1 amide bonds. The predicted octanol–water partition coefficient (Wildman–Crippen LogP) is 0.305. The Kier molecular flexibility index (Phi) is 2.78. The van der Waals surface area contributed by atoms with Crippen LogP contribution < -0.4 is 5.32 Å². The molecule has 3 aliphatic heterocycles. The van der Waals surface area contributed by atoms with Crippen LogP contribution in [-0.2, 0) is 9.53 Å². The van der Waals surface area contributed by atoms with Gasteiger partial charge in [-0.15, -0.1) is 0 Å². The Balaban J connectivity index is 1.66. The van der Waals surface area contributed by atoms with Crippen LogP contribution in [0.4, 0.5) is 4.39 Å². The molecule has 4 unspecified atom stereocenters. The Morgan fingerprint density at radius 3 is 2.65 bits per heavy atom. The van der Waals surface area contributed by atoms with Gasteiger partial charge < -0.3 is 15.0 Å². The van der Waals surface area contributed by atoms with Crippen molar-refractivity contribution in [1.29, 1.82) is 0 Å². The number of fused-ring (bicyclic) bond motifs is 2. The van der Waals surface area contributed by atoms with Crippen LogP contribution in [-0.4, -0.2) is 49.3 Å². The van der Waals surface area contributed by atoms with Crippen LogP contribution in [0.3, 0.4) is 0 Å². The number of hydrogen-bond acceptors (Lipinski definition) is 3. The van der Waals surface area contributed by atoms with Gasteiger partial charge in [-0.25, -0.2) is 4.39 Å². The summed E-state index contributed by atoms with van der Waals surface area (Å²) in [4.78, 5) is 13.9. The van der Waals surface area contributed by atoms with Gasteiger partial charge in [-0.1, -0.05) is 0 Å². The number of carbonyl (C=O) groups excluding carboxylic acids is 1. The number of alkyl halides is 1. The Hall–Kier alpha value is -1.10. The molecule has 0 saturated carbocycles. The van der Waals surface area contributed by atoms with Crippen molar-refractivity contribution < 1.29 is 13.9 Å². The molecule has 2 bridgehead atoms. The van der Waals surface area contributed by atoms with Crippen LogP contribution in [0.25, 0.3) is 0 Å². The first-order chi connectivity index (χ1) is 8.24. The van der Waals surface area contributed by atoms with E-state index in [1.54, 1.807) is 4.90 Å². The molecule has 5 heteroatoms. The van der Waals surface area contributed by atoms with E-state index in [1.807, 2.05) is 0 Å². The number of amides is 1. The van der Waals surface area contributed by atoms with Gasteiger partial charge in [0.1, 0.15) is 0 Å². The van der Waals surface area contributed by atoms with Gasteiger partial charge in [0.2, 0.25) is 6.10 Å². The Morgan fingerprint density at radius 2 is 2.06 bits per heavy atom. The van der Waals surface area contributed by atoms with Crippen molar-refractivity contribution in [1.82, 2.24) is 10.2 Å². The van der Waals surface area contributed by atoms with Crippen molar-refractivity contribution in [2.75, 3.05) is 26.2 Å². The molecule has 0 aliphatic carbocycles. The van der Waals surface area contributed by atoms with Crippen molar-refractivity contribution >= 4 is 5.91 Å². The molecular formula is C12H17FN2O2. The molecule has 94 valence electrons. The van der Waals surface area contributed by atoms with Crippen LogP contribution in [0, 0.1) is 11.8 Å². The van der Waals surface area contributed by atoms with E-state index in [2.05, 4.69) is 5.32 Å². The molecule has 0 aromatic rings. The number of rotatable bonds is 1. The summed E-state index contributed by atoms with van der Waals surface area (Å²) in [5.41, 5.74) is 0. The first kappa shape index (κ1) is 11.0. The molecule has 4 atom stereocenters. The molecule has 4 nitrogen and oxygen atoms in total. The summed E-state index contributed by atoms with van der Waals surface area (Å²) in [6, 6.07) is 0. The highest BCUT2D eigenvalue weighted by Gasteiger charge is 2.39. The molecule has 3 heterocycles. The zero-order valence-corrected chi connectivity index (χ0v) is 9.64. The molecule has 3 rings (SSSR count). The molecule has 0 spiro atoms. The van der Waals surface area contributed by atoms with Crippen LogP contribution in [0.2, 0.25) is 0 Å². The molecule has 3 aliphatic rings. The van der Waals surface area contributed by atoms with E-state index in [0.29, 0.717) is 11.8 Å². The first-order valence-corrected chi connectivity index (χ1v) is 6.20. The highest BCUT2D eigenvalue weighted by atomic mass is 19.1. The summed E-state index contributed by atoms with van der Waals surface area (Å²) in [5.74, 6) is 0.830. The summed E-state index contributed by atoms with van der Waals surface area (Å²) in [6.45, 7) is 3.38. The summed E-state index contributed by atoms with van der Waals surface area (Å²) < 4.78 is 18.5. The molecule has 17 heavy (non-hydrogen) atoms. The van der Waals surface area contributed by atoms with E-state index >= 15 is 0 Å². The van der Waals surface area contributed by atoms with E-state index < -0.39 is 12.3 Å². The third-order valence-electron chi connectivity index (χ3n) is 3.82. The second-order valence-electron chi connectivity index (χ2n) is 5.20. The Morgan fingerprint density at radius 1 is 1.35 bits per heavy atom. The number of likely N-dealkylation sites (tertiary alicyclic amines) is 1. The molecule has 0 aromatic heterocycles. The van der Waals surface area contributed by atoms with Crippen molar-refractivity contribution in [2.45, 2.75) is 18.7 Å². The lowest BCUT2D eigenvalue weighted by atomic mass is 9.85. The van der Waals surface area contributed by atoms with Gasteiger partial charge in [-0.2, -0.15) is 0 Å². The summed E-state index contributed by atoms with van der Waals surface area (Å²) >= 11 is 0. The molecule has 0 radical (unpaired) electrons. The van der Waals surface area contributed by atoms with Crippen LogP contribution in [0.1, 0.15) is 6.42 Å². The maximum atomic E-state index is 13.4. The van der Waals surface area contributed by atoms with Crippen molar-refractivity contribution in [3.63, 3.8) is 0 Å². The first-order valence-electron chi connectivity index (χ1n) is 6.20. The predicted molar refractivity (Wildman–Crippen MR) is 60.0 cm³/mol. The average molecular weight is 240 g/mol. The SMILES string of the molecule is O=C(C1OC=CC1F)N1CC2CNCC(C2)C1. The quantitative estimate of drug-likeness (QED) is 0.717. The molecule has 1 N–H and O–H groups in total. The fraction of sp³-hybridized carbons (Fsp3) is 0.750. The number of hydrogen-bond donors (Lipinski definition) is 1. The van der Waals surface area contributed by atoms with Gasteiger partial charge in [0.25, 0.3) is 5.91 Å². The Bertz CT molecular complexity index is 335. The van der Waals surface area contributed by atoms with Gasteiger partial charge in [-0.3, -0.25) is 4.79 Å². The number of nitrogens with zero attached hydrogens (tertiary/aromatic N) is 1. The lowest BCUT2D eigenvalue weighted by Crippen LogP contribution is -2.55. The lowest BCUT2D eigenvalue weighted by Gasteiger charge is -2.42. The highest BCUT2D eigenvalue weighted by Crippen LogP contribution is 2.26. The van der Waals surface area contributed by atoms with E-state index in [0.717, 1.165) is 26.2 Å². The molecule has 0 aromatic carbocycles. The fourth-order valence-corrected chi connectivity index (χ4v) is 3.04. The number of piperidine rings is 2. The van der Waals surface area contributed by atoms with E-state index in [9.17, 15) is 9.18 Å². The maximum Gasteiger partial charge on any atom is 0.267 e. The van der Waals surface area contributed by atoms with Gasteiger partial charge in [-0.05, 0) is 37.4 Å². The molecular weight excluding hydrogens is 223 g/mol. The summed E-state index contributed by atoms with van der Waals surface area (Å²) in [5, 5.41) is 3.37. The standard InChI is InChI=1S/C12H17FN2O2/c13-10-1-2-17-11(10)12(16)15-6-8-3-9(7-15)5-14-4-8/h1-2,8-11,14H,3-7H2. The monoisotopic (exact) mass is 240 g/mol. The minimum Gasteiger partial charge on any atom is -0.485 e. The minimum atomic E-state index is -1.29. The zero-order valence-electron chi connectivity index (χ0n) is 9.64. The number of carbonyl (C=O) groups is 1. The smallest absolute Gasteiger partial charge is 0.267 e. The summed E-state index contributed by atoms with van der Waals surface area (Å²) in [6.07, 6.45) is 1.54. The molecule has 2 fully saturated rings. The van der Waals surface area contributed by atoms with E-state index in [-0.39, 0.29) is 5.91 Å². The van der Waals surface area contributed by atoms with E-state index in [1.165, 1.54) is 18.8 Å². The van der Waals surface area contributed by atoms with Crippen LogP contribution >= 0.6 is 0 Å². The van der Waals surface area contributed by atoms with Crippen molar-refractivity contribution in [2.24, 2.45) is 11.8 Å². The third-order valence-corrected chi connectivity index (χ3v) is 3.82. The summed E-state index contributed by atoms with van der Waals surface area (Å²) in [7, 11) is 0. The number of halogens is 1. The largest absolute Gasteiger partial charge is 0.485 e. The van der Waals surface area contributed by atoms with Gasteiger partial charge >= 0.3 is 0 Å². The Labute approximate surface area is 99.8 Å². The van der Waals surface area contributed by atoms with Gasteiger partial charge in [0.15, 0.2) is 6.17 Å². The zero-order chi connectivity index (χ0) is 11.8. The number of ether oxygens (including phenoxy) is 1. The lowest BCUT2D eigenvalue weighted by molar-refractivity contribution is -0.145. The highest BCUT2D eigenvalue weighted by molar-refractivity contribution is 5.82. The topological polar surface area (TPSA) is 41.6 Å². The average Bonchev–Trinajstić information content (AvgIpc) is 2.74. The third kappa shape index (κ3) is 2.04. The maximum absolute atomic E-state index is 13.4. The second kappa shape index (κ2) is 4.29. The van der Waals surface area contributed by atoms with Crippen molar-refractivity contribution in [3.05, 3.63) is 12.3 Å². The minimum absolute atomic E-state index is 0.195.